The maximum absolute atomic E-state index is 5.71. The zero-order valence-corrected chi connectivity index (χ0v) is 11.6. The van der Waals surface area contributed by atoms with Crippen LogP contribution in [0.5, 0.6) is 0 Å². The Hall–Kier alpha value is -1.20. The Morgan fingerprint density at radius 2 is 1.83 bits per heavy atom. The van der Waals surface area contributed by atoms with Crippen LogP contribution in [0.25, 0.3) is 0 Å². The first-order valence-electron chi connectivity index (χ1n) is 6.15. The molecular formula is C13H15BrN4. The predicted octanol–water partition coefficient (Wildman–Crippen LogP) is 2.42. The fourth-order valence-electron chi connectivity index (χ4n) is 2.16. The molecule has 1 saturated carbocycles. The number of rotatable bonds is 4. The van der Waals surface area contributed by atoms with Crippen molar-refractivity contribution in [3.63, 3.8) is 0 Å². The average Bonchev–Trinajstić information content (AvgIpc) is 3.14. The summed E-state index contributed by atoms with van der Waals surface area (Å²) in [6, 6.07) is 8.90. The Labute approximate surface area is 114 Å². The Morgan fingerprint density at radius 3 is 2.44 bits per heavy atom. The Kier molecular flexibility index (Phi) is 3.18. The lowest BCUT2D eigenvalue weighted by molar-refractivity contribution is 0.652. The van der Waals surface area contributed by atoms with E-state index >= 15 is 0 Å². The molecule has 2 N–H and O–H groups in total. The van der Waals surface area contributed by atoms with Gasteiger partial charge >= 0.3 is 0 Å². The van der Waals surface area contributed by atoms with E-state index in [0.29, 0.717) is 12.6 Å². The summed E-state index contributed by atoms with van der Waals surface area (Å²) in [4.78, 5) is 0. The Bertz CT molecular complexity index is 543. The third-order valence-corrected chi connectivity index (χ3v) is 3.74. The third kappa shape index (κ3) is 2.33. The van der Waals surface area contributed by atoms with Crippen molar-refractivity contribution in [1.82, 2.24) is 14.8 Å². The molecular weight excluding hydrogens is 292 g/mol. The molecule has 0 unspecified atom stereocenters. The first-order chi connectivity index (χ1) is 8.78. The minimum Gasteiger partial charge on any atom is -0.324 e. The number of hydrogen-bond donors (Lipinski definition) is 1. The number of benzene rings is 1. The summed E-state index contributed by atoms with van der Waals surface area (Å²) < 4.78 is 3.32. The van der Waals surface area contributed by atoms with Crippen molar-refractivity contribution < 1.29 is 0 Å². The van der Waals surface area contributed by atoms with Gasteiger partial charge in [0.25, 0.3) is 0 Å². The second-order valence-corrected chi connectivity index (χ2v) is 5.56. The monoisotopic (exact) mass is 306 g/mol. The van der Waals surface area contributed by atoms with Crippen LogP contribution in [-0.4, -0.2) is 14.8 Å². The number of hydrogen-bond acceptors (Lipinski definition) is 3. The summed E-state index contributed by atoms with van der Waals surface area (Å²) in [6.45, 7) is 0.462. The van der Waals surface area contributed by atoms with Gasteiger partial charge in [0.05, 0.1) is 6.54 Å². The van der Waals surface area contributed by atoms with E-state index in [4.69, 9.17) is 5.73 Å². The summed E-state index contributed by atoms with van der Waals surface area (Å²) in [5.41, 5.74) is 6.96. The van der Waals surface area contributed by atoms with Crippen molar-refractivity contribution in [2.24, 2.45) is 5.73 Å². The fraction of sp³-hybridized carbons (Fsp3) is 0.385. The number of nitrogens with two attached hydrogens (primary N) is 1. The van der Waals surface area contributed by atoms with E-state index in [1.165, 1.54) is 18.4 Å². The third-order valence-electron chi connectivity index (χ3n) is 3.21. The quantitative estimate of drug-likeness (QED) is 0.944. The standard InChI is InChI=1S/C13H15BrN4/c14-10-3-1-9(2-4-10)7-12-16-17-13(8-15)18(12)11-5-6-11/h1-4,11H,5-8,15H2. The second-order valence-electron chi connectivity index (χ2n) is 4.64. The molecule has 0 aliphatic heterocycles. The molecule has 1 aromatic heterocycles. The van der Waals surface area contributed by atoms with E-state index in [9.17, 15) is 0 Å². The smallest absolute Gasteiger partial charge is 0.147 e. The fourth-order valence-corrected chi connectivity index (χ4v) is 2.42. The van der Waals surface area contributed by atoms with E-state index in [1.54, 1.807) is 0 Å². The molecule has 94 valence electrons. The minimum atomic E-state index is 0.462. The van der Waals surface area contributed by atoms with Crippen molar-refractivity contribution in [3.8, 4) is 0 Å². The summed E-state index contributed by atoms with van der Waals surface area (Å²) in [6.07, 6.45) is 3.26. The molecule has 1 fully saturated rings. The van der Waals surface area contributed by atoms with Gasteiger partial charge in [-0.2, -0.15) is 0 Å². The van der Waals surface area contributed by atoms with Gasteiger partial charge in [-0.15, -0.1) is 10.2 Å². The summed E-state index contributed by atoms with van der Waals surface area (Å²) in [7, 11) is 0. The molecule has 1 aliphatic rings. The lowest BCUT2D eigenvalue weighted by Crippen LogP contribution is -2.10. The molecule has 18 heavy (non-hydrogen) atoms. The van der Waals surface area contributed by atoms with Crippen LogP contribution in [0, 0.1) is 0 Å². The van der Waals surface area contributed by atoms with Gasteiger partial charge in [0.2, 0.25) is 0 Å². The predicted molar refractivity (Wildman–Crippen MR) is 73.1 cm³/mol. The van der Waals surface area contributed by atoms with Crippen molar-refractivity contribution in [3.05, 3.63) is 46.0 Å². The van der Waals surface area contributed by atoms with Gasteiger partial charge in [0, 0.05) is 16.9 Å². The van der Waals surface area contributed by atoms with E-state index in [1.807, 2.05) is 0 Å². The minimum absolute atomic E-state index is 0.462. The molecule has 1 aliphatic carbocycles. The Morgan fingerprint density at radius 1 is 1.17 bits per heavy atom. The normalized spacial score (nSPS) is 15.0. The van der Waals surface area contributed by atoms with Crippen molar-refractivity contribution in [2.45, 2.75) is 31.8 Å². The molecule has 1 heterocycles. The number of nitrogens with zero attached hydrogens (tertiary/aromatic N) is 3. The van der Waals surface area contributed by atoms with Crippen LogP contribution >= 0.6 is 15.9 Å². The van der Waals surface area contributed by atoms with Crippen LogP contribution in [0.15, 0.2) is 28.7 Å². The summed E-state index contributed by atoms with van der Waals surface area (Å²) >= 11 is 3.44. The molecule has 0 saturated heterocycles. The largest absolute Gasteiger partial charge is 0.324 e. The van der Waals surface area contributed by atoms with Crippen LogP contribution in [-0.2, 0) is 13.0 Å². The summed E-state index contributed by atoms with van der Waals surface area (Å²) in [5, 5.41) is 8.48. The molecule has 0 bridgehead atoms. The lowest BCUT2D eigenvalue weighted by atomic mass is 10.1. The van der Waals surface area contributed by atoms with Gasteiger partial charge in [0.15, 0.2) is 0 Å². The van der Waals surface area contributed by atoms with Crippen LogP contribution in [0.3, 0.4) is 0 Å². The molecule has 1 aromatic carbocycles. The average molecular weight is 307 g/mol. The summed E-state index contributed by atoms with van der Waals surface area (Å²) in [5.74, 6) is 1.94. The zero-order chi connectivity index (χ0) is 12.5. The molecule has 5 heteroatoms. The van der Waals surface area contributed by atoms with E-state index in [2.05, 4.69) is 55.0 Å². The van der Waals surface area contributed by atoms with Gasteiger partial charge in [0.1, 0.15) is 11.6 Å². The maximum Gasteiger partial charge on any atom is 0.147 e. The van der Waals surface area contributed by atoms with Crippen LogP contribution in [0.2, 0.25) is 0 Å². The molecule has 2 aromatic rings. The van der Waals surface area contributed by atoms with Crippen LogP contribution < -0.4 is 5.73 Å². The lowest BCUT2D eigenvalue weighted by Gasteiger charge is -2.07. The van der Waals surface area contributed by atoms with Crippen molar-refractivity contribution >= 4 is 15.9 Å². The van der Waals surface area contributed by atoms with Gasteiger partial charge in [-0.3, -0.25) is 0 Å². The molecule has 0 spiro atoms. The highest BCUT2D eigenvalue weighted by atomic mass is 79.9. The first kappa shape index (κ1) is 11.9. The topological polar surface area (TPSA) is 56.7 Å². The SMILES string of the molecule is NCc1nnc(Cc2ccc(Br)cc2)n1C1CC1. The Balaban J connectivity index is 1.88. The first-order valence-corrected chi connectivity index (χ1v) is 6.94. The molecule has 4 nitrogen and oxygen atoms in total. The van der Waals surface area contributed by atoms with Gasteiger partial charge in [-0.25, -0.2) is 0 Å². The van der Waals surface area contributed by atoms with Crippen LogP contribution in [0.1, 0.15) is 36.1 Å². The van der Waals surface area contributed by atoms with Gasteiger partial charge in [-0.1, -0.05) is 28.1 Å². The van der Waals surface area contributed by atoms with Gasteiger partial charge < -0.3 is 10.3 Å². The maximum atomic E-state index is 5.71. The molecule has 0 atom stereocenters. The highest BCUT2D eigenvalue weighted by molar-refractivity contribution is 9.10. The van der Waals surface area contributed by atoms with E-state index < -0.39 is 0 Å². The molecule has 0 radical (unpaired) electrons. The van der Waals surface area contributed by atoms with Crippen LogP contribution in [0.4, 0.5) is 0 Å². The number of aromatic nitrogens is 3. The second kappa shape index (κ2) is 4.82. The highest BCUT2D eigenvalue weighted by Crippen LogP contribution is 2.36. The van der Waals surface area contributed by atoms with Crippen molar-refractivity contribution in [1.29, 1.82) is 0 Å². The highest BCUT2D eigenvalue weighted by Gasteiger charge is 2.28. The van der Waals surface area contributed by atoms with Gasteiger partial charge in [-0.05, 0) is 30.5 Å². The zero-order valence-electron chi connectivity index (χ0n) is 10.0. The molecule has 3 rings (SSSR count). The van der Waals surface area contributed by atoms with E-state index in [0.717, 1.165) is 22.5 Å². The van der Waals surface area contributed by atoms with Crippen molar-refractivity contribution in [2.75, 3.05) is 0 Å². The number of halogens is 1. The van der Waals surface area contributed by atoms with E-state index in [-0.39, 0.29) is 0 Å². The molecule has 0 amide bonds.